The highest BCUT2D eigenvalue weighted by Gasteiger charge is 2.15. The summed E-state index contributed by atoms with van der Waals surface area (Å²) in [5.41, 5.74) is 0.927. The molecule has 3 aromatic rings. The van der Waals surface area contributed by atoms with E-state index in [2.05, 4.69) is 0 Å². The summed E-state index contributed by atoms with van der Waals surface area (Å²) in [7, 11) is 0. The first-order valence-corrected chi connectivity index (χ1v) is 7.28. The quantitative estimate of drug-likeness (QED) is 0.491. The number of allylic oxidation sites excluding steroid dienone is 1. The second kappa shape index (κ2) is 6.16. The molecule has 0 aliphatic heterocycles. The monoisotopic (exact) mass is 312 g/mol. The van der Waals surface area contributed by atoms with Gasteiger partial charge in [0.2, 0.25) is 0 Å². The van der Waals surface area contributed by atoms with Gasteiger partial charge in [-0.25, -0.2) is 8.78 Å². The molecule has 0 atom stereocenters. The standard InChI is InChI=1S/C19H14F2O2/c1-2-17-13(12-6-3-4-9-18(12)23-17)10-11-16(22)19-14(20)7-5-8-15(19)21/h3-11H,2H2,1H3/b11-10+. The van der Waals surface area contributed by atoms with E-state index in [4.69, 9.17) is 4.42 Å². The van der Waals surface area contributed by atoms with E-state index >= 15 is 0 Å². The Morgan fingerprint density at radius 1 is 1.09 bits per heavy atom. The molecule has 0 N–H and O–H groups in total. The molecule has 0 saturated heterocycles. The number of hydrogen-bond donors (Lipinski definition) is 0. The van der Waals surface area contributed by atoms with Crippen molar-refractivity contribution in [1.82, 2.24) is 0 Å². The lowest BCUT2D eigenvalue weighted by Gasteiger charge is -2.00. The van der Waals surface area contributed by atoms with E-state index in [1.807, 2.05) is 31.2 Å². The summed E-state index contributed by atoms with van der Waals surface area (Å²) in [6, 6.07) is 10.8. The minimum Gasteiger partial charge on any atom is -0.460 e. The first kappa shape index (κ1) is 15.2. The van der Waals surface area contributed by atoms with Crippen molar-refractivity contribution in [2.24, 2.45) is 0 Å². The lowest BCUT2D eigenvalue weighted by atomic mass is 10.1. The predicted molar refractivity (Wildman–Crippen MR) is 85.3 cm³/mol. The van der Waals surface area contributed by atoms with E-state index in [1.54, 1.807) is 6.08 Å². The van der Waals surface area contributed by atoms with E-state index in [1.165, 1.54) is 12.1 Å². The highest BCUT2D eigenvalue weighted by Crippen LogP contribution is 2.27. The van der Waals surface area contributed by atoms with Crippen LogP contribution in [-0.2, 0) is 6.42 Å². The Labute approximate surface area is 132 Å². The Bertz CT molecular complexity index is 887. The molecule has 0 spiro atoms. The summed E-state index contributed by atoms with van der Waals surface area (Å²) in [6.45, 7) is 1.94. The average molecular weight is 312 g/mol. The van der Waals surface area contributed by atoms with Gasteiger partial charge in [-0.05, 0) is 30.4 Å². The van der Waals surface area contributed by atoms with Crippen LogP contribution in [0.3, 0.4) is 0 Å². The zero-order valence-corrected chi connectivity index (χ0v) is 12.5. The number of carbonyl (C=O) groups is 1. The SMILES string of the molecule is CCc1oc2ccccc2c1/C=C/C(=O)c1c(F)cccc1F. The fraction of sp³-hybridized carbons (Fsp3) is 0.105. The molecule has 2 aromatic carbocycles. The third kappa shape index (κ3) is 2.80. The maximum Gasteiger partial charge on any atom is 0.191 e. The molecule has 0 fully saturated rings. The zero-order chi connectivity index (χ0) is 16.4. The Balaban J connectivity index is 2.02. The number of aryl methyl sites for hydroxylation is 1. The van der Waals surface area contributed by atoms with Gasteiger partial charge in [0, 0.05) is 17.4 Å². The number of hydrogen-bond acceptors (Lipinski definition) is 2. The van der Waals surface area contributed by atoms with Crippen LogP contribution < -0.4 is 0 Å². The Hall–Kier alpha value is -2.75. The molecular formula is C19H14F2O2. The van der Waals surface area contributed by atoms with Crippen LogP contribution in [-0.4, -0.2) is 5.78 Å². The van der Waals surface area contributed by atoms with Crippen molar-refractivity contribution in [3.05, 3.63) is 77.1 Å². The number of fused-ring (bicyclic) bond motifs is 1. The van der Waals surface area contributed by atoms with Crippen LogP contribution in [0.2, 0.25) is 0 Å². The van der Waals surface area contributed by atoms with Crippen LogP contribution in [0.25, 0.3) is 17.0 Å². The van der Waals surface area contributed by atoms with E-state index in [-0.39, 0.29) is 0 Å². The summed E-state index contributed by atoms with van der Waals surface area (Å²) in [5, 5.41) is 0.863. The van der Waals surface area contributed by atoms with Gasteiger partial charge < -0.3 is 4.42 Å². The van der Waals surface area contributed by atoms with Gasteiger partial charge in [-0.1, -0.05) is 31.2 Å². The average Bonchev–Trinajstić information content (AvgIpc) is 2.90. The molecule has 2 nitrogen and oxygen atoms in total. The van der Waals surface area contributed by atoms with Gasteiger partial charge in [0.25, 0.3) is 0 Å². The summed E-state index contributed by atoms with van der Waals surface area (Å²) >= 11 is 0. The molecule has 3 rings (SSSR count). The van der Waals surface area contributed by atoms with Crippen LogP contribution in [0.15, 0.2) is 53.0 Å². The van der Waals surface area contributed by atoms with Crippen LogP contribution >= 0.6 is 0 Å². The topological polar surface area (TPSA) is 30.2 Å². The second-order valence-corrected chi connectivity index (χ2v) is 5.08. The van der Waals surface area contributed by atoms with Gasteiger partial charge in [0.15, 0.2) is 5.78 Å². The van der Waals surface area contributed by atoms with Crippen molar-refractivity contribution in [3.8, 4) is 0 Å². The summed E-state index contributed by atoms with van der Waals surface area (Å²) in [5.74, 6) is -1.72. The molecule has 0 amide bonds. The number of ketones is 1. The lowest BCUT2D eigenvalue weighted by molar-refractivity contribution is 0.104. The van der Waals surface area contributed by atoms with Crippen LogP contribution in [0.5, 0.6) is 0 Å². The molecular weight excluding hydrogens is 298 g/mol. The smallest absolute Gasteiger partial charge is 0.191 e. The number of rotatable bonds is 4. The normalized spacial score (nSPS) is 11.4. The number of para-hydroxylation sites is 1. The van der Waals surface area contributed by atoms with Gasteiger partial charge in [-0.2, -0.15) is 0 Å². The number of carbonyl (C=O) groups excluding carboxylic acids is 1. The van der Waals surface area contributed by atoms with E-state index in [0.29, 0.717) is 12.0 Å². The highest BCUT2D eigenvalue weighted by atomic mass is 19.1. The van der Waals surface area contributed by atoms with Crippen LogP contribution in [0.1, 0.15) is 28.6 Å². The van der Waals surface area contributed by atoms with Crippen molar-refractivity contribution >= 4 is 22.8 Å². The molecule has 1 heterocycles. The molecule has 0 aliphatic rings. The van der Waals surface area contributed by atoms with Gasteiger partial charge in [-0.3, -0.25) is 4.79 Å². The number of halogens is 2. The van der Waals surface area contributed by atoms with Crippen molar-refractivity contribution < 1.29 is 18.0 Å². The first-order chi connectivity index (χ1) is 11.1. The Kier molecular flexibility index (Phi) is 4.06. The summed E-state index contributed by atoms with van der Waals surface area (Å²) < 4.78 is 33.0. The molecule has 116 valence electrons. The minimum atomic E-state index is -0.868. The van der Waals surface area contributed by atoms with Gasteiger partial charge in [0.1, 0.15) is 23.0 Å². The zero-order valence-electron chi connectivity index (χ0n) is 12.5. The Morgan fingerprint density at radius 2 is 1.78 bits per heavy atom. The second-order valence-electron chi connectivity index (χ2n) is 5.08. The molecule has 0 unspecified atom stereocenters. The van der Waals surface area contributed by atoms with Crippen molar-refractivity contribution in [2.75, 3.05) is 0 Å². The number of benzene rings is 2. The molecule has 0 saturated carbocycles. The molecule has 1 aromatic heterocycles. The van der Waals surface area contributed by atoms with Gasteiger partial charge in [0.05, 0.1) is 5.56 Å². The van der Waals surface area contributed by atoms with Crippen LogP contribution in [0, 0.1) is 11.6 Å². The first-order valence-electron chi connectivity index (χ1n) is 7.28. The van der Waals surface area contributed by atoms with E-state index in [0.717, 1.165) is 28.8 Å². The highest BCUT2D eigenvalue weighted by molar-refractivity contribution is 6.08. The third-order valence-electron chi connectivity index (χ3n) is 3.64. The van der Waals surface area contributed by atoms with E-state index in [9.17, 15) is 13.6 Å². The molecule has 0 bridgehead atoms. The van der Waals surface area contributed by atoms with E-state index < -0.39 is 23.0 Å². The van der Waals surface area contributed by atoms with Gasteiger partial charge in [-0.15, -0.1) is 0 Å². The fourth-order valence-corrected chi connectivity index (χ4v) is 2.54. The van der Waals surface area contributed by atoms with Gasteiger partial charge >= 0.3 is 0 Å². The summed E-state index contributed by atoms with van der Waals surface area (Å²) in [6.07, 6.45) is 3.38. The summed E-state index contributed by atoms with van der Waals surface area (Å²) in [4.78, 5) is 12.1. The predicted octanol–water partition coefficient (Wildman–Crippen LogP) is 5.17. The lowest BCUT2D eigenvalue weighted by Crippen LogP contribution is -2.02. The van der Waals surface area contributed by atoms with Crippen LogP contribution in [0.4, 0.5) is 8.78 Å². The maximum atomic E-state index is 13.7. The molecule has 0 aliphatic carbocycles. The van der Waals surface area contributed by atoms with Crippen molar-refractivity contribution in [2.45, 2.75) is 13.3 Å². The largest absolute Gasteiger partial charge is 0.460 e. The Morgan fingerprint density at radius 3 is 2.48 bits per heavy atom. The third-order valence-corrected chi connectivity index (χ3v) is 3.64. The van der Waals surface area contributed by atoms with Crippen molar-refractivity contribution in [3.63, 3.8) is 0 Å². The molecule has 4 heteroatoms. The number of furan rings is 1. The van der Waals surface area contributed by atoms with Crippen molar-refractivity contribution in [1.29, 1.82) is 0 Å². The maximum absolute atomic E-state index is 13.7. The molecule has 0 radical (unpaired) electrons. The molecule has 23 heavy (non-hydrogen) atoms. The minimum absolute atomic E-state index is 0.547. The fourth-order valence-electron chi connectivity index (χ4n) is 2.54.